The molecular formula is C37H77N. The highest BCUT2D eigenvalue weighted by molar-refractivity contribution is 4.61. The molecule has 0 unspecified atom stereocenters. The summed E-state index contributed by atoms with van der Waals surface area (Å²) in [7, 11) is 0. The minimum Gasteiger partial charge on any atom is -0.303 e. The average molecular weight is 536 g/mol. The van der Waals surface area contributed by atoms with E-state index in [-0.39, 0.29) is 0 Å². The summed E-state index contributed by atoms with van der Waals surface area (Å²) in [5.74, 6) is 0.866. The lowest BCUT2D eigenvalue weighted by Gasteiger charge is -2.22. The Balaban J connectivity index is 3.72. The van der Waals surface area contributed by atoms with Gasteiger partial charge < -0.3 is 4.90 Å². The van der Waals surface area contributed by atoms with Gasteiger partial charge in [-0.05, 0) is 44.8 Å². The van der Waals surface area contributed by atoms with Gasteiger partial charge in [0.2, 0.25) is 0 Å². The normalized spacial score (nSPS) is 11.8. The molecule has 0 N–H and O–H groups in total. The minimum absolute atomic E-state index is 0.866. The third-order valence-electron chi connectivity index (χ3n) is 8.66. The molecule has 0 rings (SSSR count). The summed E-state index contributed by atoms with van der Waals surface area (Å²) in [6.45, 7) is 13.4. The van der Waals surface area contributed by atoms with Crippen LogP contribution in [0.5, 0.6) is 0 Å². The molecule has 0 saturated carbocycles. The Morgan fingerprint density at radius 3 is 0.816 bits per heavy atom. The van der Waals surface area contributed by atoms with Crippen LogP contribution < -0.4 is 0 Å². The van der Waals surface area contributed by atoms with Crippen molar-refractivity contribution in [3.05, 3.63) is 0 Å². The van der Waals surface area contributed by atoms with E-state index >= 15 is 0 Å². The average Bonchev–Trinajstić information content (AvgIpc) is 2.91. The zero-order valence-corrected chi connectivity index (χ0v) is 27.7. The molecule has 0 aromatic carbocycles. The Labute approximate surface area is 244 Å². The van der Waals surface area contributed by atoms with Gasteiger partial charge >= 0.3 is 0 Å². The van der Waals surface area contributed by atoms with Crippen molar-refractivity contribution in [1.82, 2.24) is 4.90 Å². The summed E-state index contributed by atoms with van der Waals surface area (Å²) in [5, 5.41) is 0. The van der Waals surface area contributed by atoms with Crippen LogP contribution >= 0.6 is 0 Å². The lowest BCUT2D eigenvalue weighted by atomic mass is 10.0. The highest BCUT2D eigenvalue weighted by Gasteiger charge is 2.06. The van der Waals surface area contributed by atoms with E-state index in [1.54, 1.807) is 0 Å². The largest absolute Gasteiger partial charge is 0.303 e. The molecule has 0 bridgehead atoms. The molecule has 0 amide bonds. The lowest BCUT2D eigenvalue weighted by molar-refractivity contribution is 0.252. The highest BCUT2D eigenvalue weighted by Crippen LogP contribution is 2.15. The second-order valence-electron chi connectivity index (χ2n) is 13.2. The van der Waals surface area contributed by atoms with Crippen molar-refractivity contribution < 1.29 is 0 Å². The first-order valence-electron chi connectivity index (χ1n) is 18.4. The van der Waals surface area contributed by atoms with Crippen LogP contribution in [0.2, 0.25) is 0 Å². The summed E-state index contributed by atoms with van der Waals surface area (Å²) < 4.78 is 0. The second-order valence-corrected chi connectivity index (χ2v) is 13.2. The Morgan fingerprint density at radius 1 is 0.316 bits per heavy atom. The van der Waals surface area contributed by atoms with Gasteiger partial charge in [0.25, 0.3) is 0 Å². The summed E-state index contributed by atoms with van der Waals surface area (Å²) in [4.78, 5) is 2.83. The van der Waals surface area contributed by atoms with Gasteiger partial charge in [0.15, 0.2) is 0 Å². The van der Waals surface area contributed by atoms with Crippen LogP contribution in [-0.4, -0.2) is 24.5 Å². The molecule has 0 aliphatic carbocycles. The van der Waals surface area contributed by atoms with Crippen LogP contribution in [0.15, 0.2) is 0 Å². The summed E-state index contributed by atoms with van der Waals surface area (Å²) in [6.07, 6.45) is 42.2. The van der Waals surface area contributed by atoms with Crippen molar-refractivity contribution in [1.29, 1.82) is 0 Å². The molecule has 38 heavy (non-hydrogen) atoms. The van der Waals surface area contributed by atoms with Crippen LogP contribution in [0.25, 0.3) is 0 Å². The molecule has 1 heteroatoms. The van der Waals surface area contributed by atoms with E-state index in [2.05, 4.69) is 32.6 Å². The molecule has 0 spiro atoms. The zero-order valence-electron chi connectivity index (χ0n) is 27.7. The first kappa shape index (κ1) is 38.0. The molecule has 0 aromatic heterocycles. The number of nitrogens with zero attached hydrogens (tertiary/aromatic N) is 1. The van der Waals surface area contributed by atoms with Gasteiger partial charge in [0, 0.05) is 0 Å². The molecule has 0 saturated heterocycles. The maximum atomic E-state index is 2.83. The van der Waals surface area contributed by atoms with Crippen molar-refractivity contribution in [2.24, 2.45) is 5.92 Å². The summed E-state index contributed by atoms with van der Waals surface area (Å²) >= 11 is 0. The van der Waals surface area contributed by atoms with Gasteiger partial charge in [-0.15, -0.1) is 0 Å². The van der Waals surface area contributed by atoms with Crippen LogP contribution in [-0.2, 0) is 0 Å². The Bertz CT molecular complexity index is 374. The third kappa shape index (κ3) is 32.2. The van der Waals surface area contributed by atoms with Crippen LogP contribution in [0.4, 0.5) is 0 Å². The minimum atomic E-state index is 0.866. The molecule has 0 atom stereocenters. The van der Waals surface area contributed by atoms with E-state index in [1.165, 1.54) is 206 Å². The quantitative estimate of drug-likeness (QED) is 0.0755. The van der Waals surface area contributed by atoms with E-state index < -0.39 is 0 Å². The van der Waals surface area contributed by atoms with Crippen molar-refractivity contribution >= 4 is 0 Å². The number of hydrogen-bond acceptors (Lipinski definition) is 1. The Morgan fingerprint density at radius 2 is 0.553 bits per heavy atom. The van der Waals surface area contributed by atoms with Gasteiger partial charge in [0.05, 0.1) is 0 Å². The van der Waals surface area contributed by atoms with Crippen molar-refractivity contribution in [3.8, 4) is 0 Å². The fraction of sp³-hybridized carbons (Fsp3) is 1.00. The van der Waals surface area contributed by atoms with Gasteiger partial charge in [-0.2, -0.15) is 0 Å². The third-order valence-corrected chi connectivity index (χ3v) is 8.66. The molecule has 0 aliphatic rings. The Hall–Kier alpha value is -0.0400. The first-order valence-corrected chi connectivity index (χ1v) is 18.4. The monoisotopic (exact) mass is 536 g/mol. The molecule has 0 aromatic rings. The maximum absolute atomic E-state index is 2.83. The second kappa shape index (κ2) is 33.2. The lowest BCUT2D eigenvalue weighted by Crippen LogP contribution is -2.27. The van der Waals surface area contributed by atoms with E-state index in [0.717, 1.165) is 5.92 Å². The van der Waals surface area contributed by atoms with Crippen molar-refractivity contribution in [3.63, 3.8) is 0 Å². The Kier molecular flexibility index (Phi) is 33.1. The van der Waals surface area contributed by atoms with Gasteiger partial charge in [0.1, 0.15) is 0 Å². The molecule has 230 valence electrons. The number of rotatable bonds is 33. The summed E-state index contributed by atoms with van der Waals surface area (Å²) in [5.41, 5.74) is 0. The van der Waals surface area contributed by atoms with Gasteiger partial charge in [-0.1, -0.05) is 195 Å². The highest BCUT2D eigenvalue weighted by atomic mass is 15.1. The zero-order chi connectivity index (χ0) is 27.8. The maximum Gasteiger partial charge on any atom is -0.00187 e. The van der Waals surface area contributed by atoms with Crippen LogP contribution in [0.1, 0.15) is 214 Å². The van der Waals surface area contributed by atoms with E-state index in [4.69, 9.17) is 0 Å². The molecule has 0 fully saturated rings. The van der Waals surface area contributed by atoms with Crippen molar-refractivity contribution in [2.45, 2.75) is 214 Å². The molecule has 0 heterocycles. The predicted molar refractivity (Wildman–Crippen MR) is 177 cm³/mol. The molecule has 0 aliphatic heterocycles. The van der Waals surface area contributed by atoms with E-state index in [0.29, 0.717) is 0 Å². The van der Waals surface area contributed by atoms with E-state index in [9.17, 15) is 0 Å². The number of hydrogen-bond donors (Lipinski definition) is 0. The molecule has 1 nitrogen and oxygen atoms in total. The van der Waals surface area contributed by atoms with E-state index in [1.807, 2.05) is 0 Å². The molecule has 0 radical (unpaired) electrons. The standard InChI is InChI=1S/C37H77N/c1-5-7-9-11-13-15-17-19-21-23-25-27-30-34-38(36-32-29-33-37(3)4)35-31-28-26-24-22-20-18-16-14-12-10-8-6-2/h37H,5-36H2,1-4H3. The number of unbranched alkanes of at least 4 members (excludes halogenated alkanes) is 25. The van der Waals surface area contributed by atoms with Gasteiger partial charge in [-0.25, -0.2) is 0 Å². The topological polar surface area (TPSA) is 3.24 Å². The fourth-order valence-electron chi connectivity index (χ4n) is 5.93. The van der Waals surface area contributed by atoms with Crippen LogP contribution in [0, 0.1) is 5.92 Å². The smallest absolute Gasteiger partial charge is 0.00187 e. The predicted octanol–water partition coefficient (Wildman–Crippen LogP) is 13.3. The van der Waals surface area contributed by atoms with Gasteiger partial charge in [-0.3, -0.25) is 0 Å². The summed E-state index contributed by atoms with van der Waals surface area (Å²) in [6, 6.07) is 0. The van der Waals surface area contributed by atoms with Crippen molar-refractivity contribution in [2.75, 3.05) is 19.6 Å². The first-order chi connectivity index (χ1) is 18.7. The van der Waals surface area contributed by atoms with Crippen LogP contribution in [0.3, 0.4) is 0 Å². The SMILES string of the molecule is CCCCCCCCCCCCCCCN(CCCCCCCCCCCCCCC)CCCCC(C)C. The fourth-order valence-corrected chi connectivity index (χ4v) is 5.93. The molecular weight excluding hydrogens is 458 g/mol.